The van der Waals surface area contributed by atoms with Crippen molar-refractivity contribution in [3.8, 4) is 22.8 Å². The second kappa shape index (κ2) is 8.10. The van der Waals surface area contributed by atoms with Gasteiger partial charge in [-0.15, -0.1) is 15.3 Å². The van der Waals surface area contributed by atoms with Gasteiger partial charge in [0.25, 0.3) is 0 Å². The van der Waals surface area contributed by atoms with E-state index in [0.717, 1.165) is 17.3 Å². The maximum Gasteiger partial charge on any atom is 0.322 e. The van der Waals surface area contributed by atoms with Crippen LogP contribution in [0.25, 0.3) is 22.8 Å². The maximum atomic E-state index is 13.4. The molecule has 0 aliphatic heterocycles. The van der Waals surface area contributed by atoms with Gasteiger partial charge in [-0.3, -0.25) is 10.1 Å². The second-order valence-corrected chi connectivity index (χ2v) is 6.74. The number of nitrogens with zero attached hydrogens (tertiary/aromatic N) is 5. The van der Waals surface area contributed by atoms with E-state index in [0.29, 0.717) is 16.6 Å². The summed E-state index contributed by atoms with van der Waals surface area (Å²) < 4.78 is 20.0. The molecule has 0 aliphatic rings. The number of hydrogen-bond acceptors (Lipinski definition) is 8. The summed E-state index contributed by atoms with van der Waals surface area (Å²) in [6.07, 6.45) is 0. The molecule has 29 heavy (non-hydrogen) atoms. The van der Waals surface area contributed by atoms with Crippen LogP contribution in [0.15, 0.2) is 64.2 Å². The van der Waals surface area contributed by atoms with E-state index in [9.17, 15) is 9.18 Å². The third kappa shape index (κ3) is 4.24. The molecule has 2 heterocycles. The zero-order valence-corrected chi connectivity index (χ0v) is 15.6. The Bertz CT molecular complexity index is 1150. The molecule has 146 valence electrons. The maximum absolute atomic E-state index is 13.4. The predicted molar refractivity (Wildman–Crippen MR) is 105 cm³/mol. The van der Waals surface area contributed by atoms with Crippen molar-refractivity contribution in [2.24, 2.45) is 0 Å². The first-order valence-corrected chi connectivity index (χ1v) is 9.37. The van der Waals surface area contributed by atoms with Gasteiger partial charge >= 0.3 is 6.01 Å². The van der Waals surface area contributed by atoms with Gasteiger partial charge in [0.05, 0.1) is 5.75 Å². The first-order chi connectivity index (χ1) is 14.1. The molecule has 3 N–H and O–H groups in total. The molecule has 2 aromatic heterocycles. The van der Waals surface area contributed by atoms with Crippen molar-refractivity contribution < 1.29 is 13.6 Å². The first-order valence-electron chi connectivity index (χ1n) is 8.38. The van der Waals surface area contributed by atoms with Crippen LogP contribution in [0.3, 0.4) is 0 Å². The first kappa shape index (κ1) is 18.6. The molecule has 0 fully saturated rings. The van der Waals surface area contributed by atoms with Crippen LogP contribution in [0.1, 0.15) is 0 Å². The predicted octanol–water partition coefficient (Wildman–Crippen LogP) is 2.58. The lowest BCUT2D eigenvalue weighted by Gasteiger charge is -2.03. The fourth-order valence-corrected chi connectivity index (χ4v) is 3.11. The summed E-state index contributed by atoms with van der Waals surface area (Å²) in [4.78, 5) is 12.2. The van der Waals surface area contributed by atoms with Crippen molar-refractivity contribution in [2.45, 2.75) is 5.16 Å². The quantitative estimate of drug-likeness (QED) is 0.366. The van der Waals surface area contributed by atoms with Crippen LogP contribution >= 0.6 is 11.8 Å². The molecule has 0 atom stereocenters. The number of anilines is 1. The van der Waals surface area contributed by atoms with E-state index in [-0.39, 0.29) is 23.5 Å². The van der Waals surface area contributed by atoms with Crippen LogP contribution in [0.5, 0.6) is 0 Å². The van der Waals surface area contributed by atoms with E-state index in [2.05, 4.69) is 25.7 Å². The molecule has 0 saturated heterocycles. The fraction of sp³-hybridized carbons (Fsp3) is 0.0556. The highest BCUT2D eigenvalue weighted by molar-refractivity contribution is 7.99. The van der Waals surface area contributed by atoms with Crippen molar-refractivity contribution in [1.29, 1.82) is 0 Å². The van der Waals surface area contributed by atoms with Crippen molar-refractivity contribution in [1.82, 2.24) is 25.1 Å². The summed E-state index contributed by atoms with van der Waals surface area (Å²) in [6, 6.07) is 15.0. The monoisotopic (exact) mass is 411 g/mol. The summed E-state index contributed by atoms with van der Waals surface area (Å²) >= 11 is 1.07. The molecule has 4 rings (SSSR count). The number of hydrogen-bond donors (Lipinski definition) is 2. The topological polar surface area (TPSA) is 125 Å². The molecule has 0 aliphatic carbocycles. The number of carbonyl (C=O) groups excluding carboxylic acids is 1. The highest BCUT2D eigenvalue weighted by Crippen LogP contribution is 2.23. The number of halogens is 1. The highest BCUT2D eigenvalue weighted by atomic mass is 32.2. The Morgan fingerprint density at radius 3 is 2.66 bits per heavy atom. The summed E-state index contributed by atoms with van der Waals surface area (Å²) in [6.45, 7) is 0. The lowest BCUT2D eigenvalue weighted by atomic mass is 10.2. The van der Waals surface area contributed by atoms with E-state index in [1.54, 1.807) is 12.1 Å². The van der Waals surface area contributed by atoms with Crippen molar-refractivity contribution in [3.05, 3.63) is 60.4 Å². The standard InChI is InChI=1S/C18H14FN7O2S/c19-13-8-4-7-12(9-13)15-22-25-18(26(15)20)29-10-14(27)21-17-24-23-16(28-17)11-5-2-1-3-6-11/h1-9H,10,20H2,(H,21,24,27). The summed E-state index contributed by atoms with van der Waals surface area (Å²) in [7, 11) is 0. The summed E-state index contributed by atoms with van der Waals surface area (Å²) in [5.74, 6) is 5.76. The zero-order valence-electron chi connectivity index (χ0n) is 14.8. The second-order valence-electron chi connectivity index (χ2n) is 5.80. The SMILES string of the molecule is Nn1c(SCC(=O)Nc2nnc(-c3ccccc3)o2)nnc1-c1cccc(F)c1. The van der Waals surface area contributed by atoms with Crippen molar-refractivity contribution in [2.75, 3.05) is 16.9 Å². The molecule has 9 nitrogen and oxygen atoms in total. The molecule has 1 amide bonds. The molecule has 0 radical (unpaired) electrons. The molecular formula is C18H14FN7O2S. The number of nitrogens with two attached hydrogens (primary N) is 1. The smallest absolute Gasteiger partial charge is 0.322 e. The molecule has 0 saturated carbocycles. The van der Waals surface area contributed by atoms with E-state index >= 15 is 0 Å². The van der Waals surface area contributed by atoms with Gasteiger partial charge in [0.1, 0.15) is 5.82 Å². The molecule has 0 bridgehead atoms. The van der Waals surface area contributed by atoms with E-state index < -0.39 is 5.82 Å². The van der Waals surface area contributed by atoms with Crippen LogP contribution in [0.4, 0.5) is 10.4 Å². The third-order valence-corrected chi connectivity index (χ3v) is 4.71. The number of nitrogen functional groups attached to an aromatic ring is 1. The number of aromatic nitrogens is 5. The van der Waals surface area contributed by atoms with Gasteiger partial charge < -0.3 is 10.3 Å². The zero-order chi connectivity index (χ0) is 20.2. The molecular weight excluding hydrogens is 397 g/mol. The Kier molecular flexibility index (Phi) is 5.20. The number of amides is 1. The minimum Gasteiger partial charge on any atom is -0.403 e. The Hall–Kier alpha value is -3.73. The molecule has 0 spiro atoms. The average molecular weight is 411 g/mol. The number of nitrogens with one attached hydrogen (secondary N) is 1. The Labute approximate surface area is 168 Å². The van der Waals surface area contributed by atoms with Crippen LogP contribution in [0.2, 0.25) is 0 Å². The summed E-state index contributed by atoms with van der Waals surface area (Å²) in [5, 5.41) is 18.4. The largest absolute Gasteiger partial charge is 0.403 e. The van der Waals surface area contributed by atoms with Crippen LogP contribution in [-0.4, -0.2) is 36.7 Å². The van der Waals surface area contributed by atoms with Crippen molar-refractivity contribution >= 4 is 23.7 Å². The lowest BCUT2D eigenvalue weighted by molar-refractivity contribution is -0.113. The van der Waals surface area contributed by atoms with E-state index in [4.69, 9.17) is 10.3 Å². The number of carbonyl (C=O) groups is 1. The molecule has 2 aromatic carbocycles. The number of rotatable bonds is 6. The van der Waals surface area contributed by atoms with Gasteiger partial charge in [0, 0.05) is 11.1 Å². The van der Waals surface area contributed by atoms with Gasteiger partial charge in [0.2, 0.25) is 17.0 Å². The third-order valence-electron chi connectivity index (χ3n) is 3.77. The van der Waals surface area contributed by atoms with Gasteiger partial charge in [-0.25, -0.2) is 9.07 Å². The van der Waals surface area contributed by atoms with Crippen LogP contribution < -0.4 is 11.2 Å². The van der Waals surface area contributed by atoms with Gasteiger partial charge in [0.15, 0.2) is 5.82 Å². The van der Waals surface area contributed by atoms with E-state index in [1.807, 2.05) is 30.3 Å². The van der Waals surface area contributed by atoms with Gasteiger partial charge in [-0.2, -0.15) is 0 Å². The number of benzene rings is 2. The highest BCUT2D eigenvalue weighted by Gasteiger charge is 2.16. The molecule has 4 aromatic rings. The molecule has 0 unspecified atom stereocenters. The minimum absolute atomic E-state index is 0.0101. The van der Waals surface area contributed by atoms with E-state index in [1.165, 1.54) is 16.8 Å². The van der Waals surface area contributed by atoms with Gasteiger partial charge in [-0.1, -0.05) is 47.2 Å². The summed E-state index contributed by atoms with van der Waals surface area (Å²) in [5.41, 5.74) is 1.23. The van der Waals surface area contributed by atoms with Crippen molar-refractivity contribution in [3.63, 3.8) is 0 Å². The lowest BCUT2D eigenvalue weighted by Crippen LogP contribution is -2.16. The normalized spacial score (nSPS) is 10.8. The Morgan fingerprint density at radius 2 is 1.86 bits per heavy atom. The Morgan fingerprint density at radius 1 is 1.07 bits per heavy atom. The Balaban J connectivity index is 1.38. The van der Waals surface area contributed by atoms with Crippen LogP contribution in [0, 0.1) is 5.82 Å². The average Bonchev–Trinajstić information content (AvgIpc) is 3.34. The van der Waals surface area contributed by atoms with Gasteiger partial charge in [-0.05, 0) is 24.3 Å². The molecule has 11 heteroatoms. The number of thioether (sulfide) groups is 1. The minimum atomic E-state index is -0.409. The van der Waals surface area contributed by atoms with Crippen LogP contribution in [-0.2, 0) is 4.79 Å². The fourth-order valence-electron chi connectivity index (χ4n) is 2.46.